The summed E-state index contributed by atoms with van der Waals surface area (Å²) in [7, 11) is 0. The summed E-state index contributed by atoms with van der Waals surface area (Å²) < 4.78 is 7.10. The summed E-state index contributed by atoms with van der Waals surface area (Å²) >= 11 is 0. The minimum Gasteiger partial charge on any atom is -0.340 e. The molecule has 1 atom stereocenters. The number of nitrogens with one attached hydrogen (secondary N) is 1. The van der Waals surface area contributed by atoms with E-state index >= 15 is 0 Å². The Balaban J connectivity index is 1.44. The molecule has 2 aliphatic rings. The molecule has 8 nitrogen and oxygen atoms in total. The van der Waals surface area contributed by atoms with Crippen molar-refractivity contribution >= 4 is 11.8 Å². The third-order valence-corrected chi connectivity index (χ3v) is 5.38. The fourth-order valence-corrected chi connectivity index (χ4v) is 4.08. The van der Waals surface area contributed by atoms with Gasteiger partial charge in [0.15, 0.2) is 5.82 Å². The number of aromatic nitrogens is 4. The summed E-state index contributed by atoms with van der Waals surface area (Å²) in [5, 5.41) is 11.7. The second kappa shape index (κ2) is 7.09. The van der Waals surface area contributed by atoms with Crippen molar-refractivity contribution in [2.75, 3.05) is 18.4 Å². The van der Waals surface area contributed by atoms with Crippen molar-refractivity contribution in [1.29, 1.82) is 0 Å². The molecule has 1 aliphatic carbocycles. The number of urea groups is 1. The minimum absolute atomic E-state index is 0.0749. The first-order valence-electron chi connectivity index (χ1n) is 9.52. The van der Waals surface area contributed by atoms with Crippen LogP contribution in [0.3, 0.4) is 0 Å². The molecule has 2 aromatic rings. The highest BCUT2D eigenvalue weighted by Gasteiger charge is 2.29. The largest absolute Gasteiger partial charge is 0.340 e. The van der Waals surface area contributed by atoms with Crippen molar-refractivity contribution in [3.05, 3.63) is 23.5 Å². The van der Waals surface area contributed by atoms with Gasteiger partial charge in [0.05, 0.1) is 11.7 Å². The highest BCUT2D eigenvalue weighted by Crippen LogP contribution is 2.32. The van der Waals surface area contributed by atoms with Crippen LogP contribution < -0.4 is 5.32 Å². The molecule has 2 amide bonds. The van der Waals surface area contributed by atoms with Crippen LogP contribution in [0.25, 0.3) is 0 Å². The second-order valence-electron chi connectivity index (χ2n) is 7.44. The van der Waals surface area contributed by atoms with E-state index in [-0.39, 0.29) is 11.9 Å². The SMILES string of the molecule is Cc1cc(NC(=O)N2CCC[C@H](c3noc(C)n3)C2)n(C2CCCC2)n1. The van der Waals surface area contributed by atoms with E-state index in [4.69, 9.17) is 4.52 Å². The first kappa shape index (κ1) is 17.1. The highest BCUT2D eigenvalue weighted by atomic mass is 16.5. The normalized spacial score (nSPS) is 21.3. The molecule has 1 N–H and O–H groups in total. The average molecular weight is 358 g/mol. The molecule has 8 heteroatoms. The molecule has 3 heterocycles. The third-order valence-electron chi connectivity index (χ3n) is 5.38. The topological polar surface area (TPSA) is 89.1 Å². The van der Waals surface area contributed by atoms with Gasteiger partial charge >= 0.3 is 6.03 Å². The summed E-state index contributed by atoms with van der Waals surface area (Å²) in [4.78, 5) is 19.0. The van der Waals surface area contributed by atoms with Gasteiger partial charge in [-0.3, -0.25) is 5.32 Å². The number of carbonyl (C=O) groups excluding carboxylic acids is 1. The molecular weight excluding hydrogens is 332 g/mol. The molecule has 2 fully saturated rings. The lowest BCUT2D eigenvalue weighted by Crippen LogP contribution is -2.42. The summed E-state index contributed by atoms with van der Waals surface area (Å²) in [6, 6.07) is 2.28. The van der Waals surface area contributed by atoms with Gasteiger partial charge in [0.25, 0.3) is 0 Å². The molecule has 140 valence electrons. The average Bonchev–Trinajstić information content (AvgIpc) is 3.36. The molecule has 0 unspecified atom stereocenters. The predicted molar refractivity (Wildman–Crippen MR) is 96.1 cm³/mol. The van der Waals surface area contributed by atoms with Crippen LogP contribution in [0.4, 0.5) is 10.6 Å². The van der Waals surface area contributed by atoms with E-state index < -0.39 is 0 Å². The van der Waals surface area contributed by atoms with Crippen LogP contribution in [0.5, 0.6) is 0 Å². The number of amides is 2. The van der Waals surface area contributed by atoms with Crippen molar-refractivity contribution in [2.45, 2.75) is 64.3 Å². The van der Waals surface area contributed by atoms with E-state index in [1.54, 1.807) is 6.92 Å². The number of anilines is 1. The molecule has 26 heavy (non-hydrogen) atoms. The number of aryl methyl sites for hydroxylation is 2. The Morgan fingerprint density at radius 3 is 2.77 bits per heavy atom. The van der Waals surface area contributed by atoms with Crippen LogP contribution in [0, 0.1) is 13.8 Å². The van der Waals surface area contributed by atoms with Crippen molar-refractivity contribution in [3.8, 4) is 0 Å². The van der Waals surface area contributed by atoms with E-state index in [1.165, 1.54) is 12.8 Å². The van der Waals surface area contributed by atoms with Gasteiger partial charge in [-0.15, -0.1) is 0 Å². The van der Waals surface area contributed by atoms with Crippen LogP contribution in [0.15, 0.2) is 10.6 Å². The molecule has 2 aromatic heterocycles. The lowest BCUT2D eigenvalue weighted by molar-refractivity contribution is 0.190. The van der Waals surface area contributed by atoms with Gasteiger partial charge in [-0.2, -0.15) is 10.1 Å². The zero-order valence-electron chi connectivity index (χ0n) is 15.4. The Morgan fingerprint density at radius 2 is 2.04 bits per heavy atom. The Hall–Kier alpha value is -2.38. The standard InChI is InChI=1S/C18H26N6O2/c1-12-10-16(24(21-12)15-7-3-4-8-15)20-18(25)23-9-5-6-14(11-23)17-19-13(2)26-22-17/h10,14-15H,3-9,11H2,1-2H3,(H,20,25)/t14-/m0/s1. The fourth-order valence-electron chi connectivity index (χ4n) is 4.08. The van der Waals surface area contributed by atoms with Crippen LogP contribution in [0.1, 0.15) is 67.9 Å². The van der Waals surface area contributed by atoms with E-state index in [2.05, 4.69) is 20.6 Å². The van der Waals surface area contributed by atoms with Gasteiger partial charge in [-0.1, -0.05) is 18.0 Å². The smallest absolute Gasteiger partial charge is 0.323 e. The Bertz CT molecular complexity index is 776. The summed E-state index contributed by atoms with van der Waals surface area (Å²) in [6.45, 7) is 5.12. The lowest BCUT2D eigenvalue weighted by atomic mass is 9.98. The van der Waals surface area contributed by atoms with Crippen molar-refractivity contribution in [2.24, 2.45) is 0 Å². The molecular formula is C18H26N6O2. The maximum absolute atomic E-state index is 12.8. The number of piperidine rings is 1. The molecule has 0 spiro atoms. The maximum Gasteiger partial charge on any atom is 0.323 e. The van der Waals surface area contributed by atoms with Gasteiger partial charge in [0.1, 0.15) is 5.82 Å². The molecule has 0 bridgehead atoms. The lowest BCUT2D eigenvalue weighted by Gasteiger charge is -2.31. The fraction of sp³-hybridized carbons (Fsp3) is 0.667. The Morgan fingerprint density at radius 1 is 1.23 bits per heavy atom. The van der Waals surface area contributed by atoms with E-state index in [0.29, 0.717) is 24.3 Å². The summed E-state index contributed by atoms with van der Waals surface area (Å²) in [6.07, 6.45) is 6.64. The van der Waals surface area contributed by atoms with Crippen LogP contribution in [-0.4, -0.2) is 43.9 Å². The molecule has 1 aliphatic heterocycles. The Kier molecular flexibility index (Phi) is 4.65. The minimum atomic E-state index is -0.0749. The van der Waals surface area contributed by atoms with Gasteiger partial charge < -0.3 is 9.42 Å². The highest BCUT2D eigenvalue weighted by molar-refractivity contribution is 5.88. The quantitative estimate of drug-likeness (QED) is 0.908. The van der Waals surface area contributed by atoms with E-state index in [0.717, 1.165) is 43.7 Å². The molecule has 1 saturated carbocycles. The predicted octanol–water partition coefficient (Wildman–Crippen LogP) is 3.41. The first-order chi connectivity index (χ1) is 12.6. The van der Waals surface area contributed by atoms with Crippen LogP contribution in [-0.2, 0) is 0 Å². The van der Waals surface area contributed by atoms with E-state index in [9.17, 15) is 4.79 Å². The third kappa shape index (κ3) is 3.45. The maximum atomic E-state index is 12.8. The number of nitrogens with zero attached hydrogens (tertiary/aromatic N) is 5. The van der Waals surface area contributed by atoms with Crippen LogP contribution >= 0.6 is 0 Å². The number of hydrogen-bond acceptors (Lipinski definition) is 5. The van der Waals surface area contributed by atoms with Crippen LogP contribution in [0.2, 0.25) is 0 Å². The number of likely N-dealkylation sites (tertiary alicyclic amines) is 1. The van der Waals surface area contributed by atoms with Crippen molar-refractivity contribution in [3.63, 3.8) is 0 Å². The monoisotopic (exact) mass is 358 g/mol. The van der Waals surface area contributed by atoms with Crippen molar-refractivity contribution < 1.29 is 9.32 Å². The Labute approximate surface area is 152 Å². The van der Waals surface area contributed by atoms with E-state index in [1.807, 2.05) is 22.6 Å². The second-order valence-corrected chi connectivity index (χ2v) is 7.44. The van der Waals surface area contributed by atoms with Gasteiger partial charge in [-0.05, 0) is 32.6 Å². The molecule has 0 radical (unpaired) electrons. The summed E-state index contributed by atoms with van der Waals surface area (Å²) in [5.74, 6) is 2.20. The number of rotatable bonds is 3. The zero-order chi connectivity index (χ0) is 18.1. The van der Waals surface area contributed by atoms with Gasteiger partial charge in [-0.25, -0.2) is 9.48 Å². The first-order valence-corrected chi connectivity index (χ1v) is 9.52. The van der Waals surface area contributed by atoms with Gasteiger partial charge in [0, 0.05) is 32.0 Å². The van der Waals surface area contributed by atoms with Gasteiger partial charge in [0.2, 0.25) is 5.89 Å². The molecule has 0 aromatic carbocycles. The molecule has 1 saturated heterocycles. The number of hydrogen-bond donors (Lipinski definition) is 1. The summed E-state index contributed by atoms with van der Waals surface area (Å²) in [5.41, 5.74) is 0.936. The zero-order valence-corrected chi connectivity index (χ0v) is 15.4. The number of carbonyl (C=O) groups is 1. The molecule has 4 rings (SSSR count). The van der Waals surface area contributed by atoms with Crippen molar-refractivity contribution in [1.82, 2.24) is 24.8 Å².